The number of rotatable bonds is 12. The molecular weight excluding hydrogens is 1440 g/mol. The van der Waals surface area contributed by atoms with Gasteiger partial charge in [0.15, 0.2) is 82.5 Å². The minimum absolute atomic E-state index is 0. The van der Waals surface area contributed by atoms with E-state index in [1.54, 1.807) is 16.7 Å². The maximum absolute atomic E-state index is 14.0. The highest BCUT2D eigenvalue weighted by molar-refractivity contribution is 6.31. The second kappa shape index (κ2) is 31.4. The number of hydrogen-bond donors (Lipinski definition) is 4. The van der Waals surface area contributed by atoms with Crippen molar-refractivity contribution in [2.45, 2.75) is 53.6 Å². The largest absolute Gasteiger partial charge is 0.369 e. The molecule has 0 atom stereocenters. The number of pyridine rings is 8. The molecule has 0 saturated heterocycles. The van der Waals surface area contributed by atoms with E-state index in [9.17, 15) is 54.3 Å². The zero-order valence-corrected chi connectivity index (χ0v) is 58.4. The fourth-order valence-corrected chi connectivity index (χ4v) is 11.6. The van der Waals surface area contributed by atoms with Crippen molar-refractivity contribution >= 4 is 131 Å². The normalized spacial score (nSPS) is 11.1. The molecule has 16 nitrogen and oxygen atoms in total. The van der Waals surface area contributed by atoms with Gasteiger partial charge in [-0.15, -0.1) is 0 Å². The second-order valence-electron chi connectivity index (χ2n) is 23.8. The van der Waals surface area contributed by atoms with Gasteiger partial charge < -0.3 is 25.8 Å². The maximum atomic E-state index is 14.0. The van der Waals surface area contributed by atoms with Crippen molar-refractivity contribution in [2.24, 2.45) is 0 Å². The van der Waals surface area contributed by atoms with Crippen LogP contribution in [-0.2, 0) is 0 Å². The Kier molecular flexibility index (Phi) is 22.3. The predicted molar refractivity (Wildman–Crippen MR) is 404 cm³/mol. The molecule has 0 unspecified atom stereocenters. The fourth-order valence-electron chi connectivity index (χ4n) is 11.0. The molecule has 8 heterocycles. The highest BCUT2D eigenvalue weighted by atomic mass is 35.5. The van der Waals surface area contributed by atoms with Crippen molar-refractivity contribution in [3.63, 3.8) is 0 Å². The predicted octanol–water partition coefficient (Wildman–Crippen LogP) is 20.5. The quantitative estimate of drug-likeness (QED) is 0.0671. The van der Waals surface area contributed by atoms with Gasteiger partial charge in [0.2, 0.25) is 0 Å². The molecule has 6 aromatic carbocycles. The lowest BCUT2D eigenvalue weighted by molar-refractivity contribution is 0.604. The van der Waals surface area contributed by atoms with Crippen molar-refractivity contribution in [2.75, 3.05) is 21.3 Å². The minimum Gasteiger partial charge on any atom is -0.369 e. The highest BCUT2D eigenvalue weighted by Gasteiger charge is 2.22. The van der Waals surface area contributed by atoms with E-state index < -0.39 is 67.7 Å². The van der Waals surface area contributed by atoms with Crippen molar-refractivity contribution in [3.8, 4) is 17.1 Å². The summed E-state index contributed by atoms with van der Waals surface area (Å²) in [5.74, 6) is -3.29. The van der Waals surface area contributed by atoms with Gasteiger partial charge >= 0.3 is 0 Å². The summed E-state index contributed by atoms with van der Waals surface area (Å²) in [6.45, 7) is 11.8. The molecule has 28 heteroatoms. The number of para-hydroxylation sites is 2. The van der Waals surface area contributed by atoms with E-state index >= 15 is 0 Å². The Balaban J connectivity index is 0.000000200. The average Bonchev–Trinajstić information content (AvgIpc) is 0.768. The van der Waals surface area contributed by atoms with E-state index in [1.165, 1.54) is 118 Å². The van der Waals surface area contributed by atoms with Crippen molar-refractivity contribution in [1.29, 1.82) is 0 Å². The summed E-state index contributed by atoms with van der Waals surface area (Å²) in [6.07, 6.45) is 0. The van der Waals surface area contributed by atoms with Crippen LogP contribution in [0.15, 0.2) is 213 Å². The average molecular weight is 1500 g/mol. The Labute approximate surface area is 612 Å². The van der Waals surface area contributed by atoms with E-state index in [0.717, 1.165) is 46.8 Å². The first-order valence-electron chi connectivity index (χ1n) is 31.5. The number of anilines is 7. The number of aromatic nitrogens is 8. The first kappa shape index (κ1) is 73.8. The number of nitrogens with one attached hydrogen (secondary N) is 4. The monoisotopic (exact) mass is 1500 g/mol. The lowest BCUT2D eigenvalue weighted by Gasteiger charge is -2.22. The summed E-state index contributed by atoms with van der Waals surface area (Å²) in [5.41, 5.74) is 4.51. The maximum Gasteiger partial charge on any atom is 0.193 e. The Morgan fingerprint density at radius 1 is 0.365 bits per heavy atom. The zero-order valence-electron chi connectivity index (χ0n) is 55.4. The Hall–Kier alpha value is -11.4. The fraction of sp³-hybridized carbons (Fsp3) is 0.105. The smallest absolute Gasteiger partial charge is 0.193 e. The van der Waals surface area contributed by atoms with Crippen molar-refractivity contribution in [3.05, 3.63) is 313 Å². The summed E-state index contributed by atoms with van der Waals surface area (Å²) < 4.78 is 116. The molecule has 0 aliphatic carbocycles. The molecule has 0 saturated carbocycles. The Morgan fingerprint density at radius 2 is 0.769 bits per heavy atom. The Morgan fingerprint density at radius 3 is 1.24 bits per heavy atom. The summed E-state index contributed by atoms with van der Waals surface area (Å²) in [7, 11) is 0. The van der Waals surface area contributed by atoms with Crippen LogP contribution in [-0.4, -0.2) is 44.2 Å². The minimum atomic E-state index is -0.845. The molecule has 8 aromatic heterocycles. The molecule has 0 bridgehead atoms. The number of halogens is 12. The summed E-state index contributed by atoms with van der Waals surface area (Å²) in [6, 6.07) is 47.4. The van der Waals surface area contributed by atoms with Crippen LogP contribution >= 0.6 is 46.4 Å². The van der Waals surface area contributed by atoms with Crippen LogP contribution in [0.5, 0.6) is 0 Å². The van der Waals surface area contributed by atoms with Crippen LogP contribution in [0.4, 0.5) is 75.5 Å². The molecule has 0 aliphatic rings. The van der Waals surface area contributed by atoms with Crippen LogP contribution in [0, 0.1) is 60.4 Å². The molecule has 0 radical (unpaired) electrons. The van der Waals surface area contributed by atoms with Gasteiger partial charge in [-0.25, -0.2) is 55.1 Å². The molecule has 0 fully saturated rings. The van der Waals surface area contributed by atoms with Gasteiger partial charge in [0.05, 0.1) is 32.9 Å². The van der Waals surface area contributed by atoms with Crippen LogP contribution in [0.2, 0.25) is 20.6 Å². The van der Waals surface area contributed by atoms with Gasteiger partial charge in [-0.1, -0.05) is 94.9 Å². The van der Waals surface area contributed by atoms with Gasteiger partial charge in [0, 0.05) is 64.8 Å². The van der Waals surface area contributed by atoms with Gasteiger partial charge in [0.1, 0.15) is 52.2 Å². The van der Waals surface area contributed by atoms with Gasteiger partial charge in [-0.05, 0) is 174 Å². The van der Waals surface area contributed by atoms with Crippen LogP contribution in [0.3, 0.4) is 0 Å². The molecule has 104 heavy (non-hydrogen) atoms. The SMILES string of the molecule is CC(C)Nc1cc(=O)c2cc(F)c(Cl)nc2n1C(C)C.Cc1ccccc1Nc1cc(=O)c2cc(F)c(Cl)nc2n1-c1ccccc1C.O=c1cc(Nc2ccc(F)cc2)n(-c2ccc(F)cc2)c2nc(Cl)c(F)cc12.O=c1cc(Nc2cccc(F)c2)n(-c2cccc(F)c2)c2nc(Cl)c(F)cc12.[HH].[HH].[HH].[HH]. The van der Waals surface area contributed by atoms with Gasteiger partial charge in [0.25, 0.3) is 0 Å². The van der Waals surface area contributed by atoms with E-state index in [-0.39, 0.29) is 83.4 Å². The standard InChI is InChI=1S/C22H17ClFN3O.2C20H11ClF3N3O.C14H17ClFN3O.4H2/c1-13-7-3-5-9-17(13)25-20-12-19(28)15-11-16(24)21(23)26-22(15)27(20)18-10-6-4-8-14(18)2;21-19-16(24)9-15-17(28)10-18(25-13-5-1-11(22)2-6-13)27(20(15)26-19)14-7-3-12(23)4-8-14;21-19-16(24)9-15-17(28)10-18(25-13-5-1-3-11(22)7-13)27(20(15)26-19)14-6-2-4-12(23)8-14;1-7(2)17-12-6-11(20)9-5-10(16)13(15)18-14(9)19(12)8(3)4;;;;/h3-12,25H,1-2H3;2*1-10,25H;5-8,17H,1-4H3;4*1H. The van der Waals surface area contributed by atoms with Crippen LogP contribution in [0.25, 0.3) is 61.2 Å². The van der Waals surface area contributed by atoms with Crippen LogP contribution in [0.1, 0.15) is 50.6 Å². The molecule has 536 valence electrons. The van der Waals surface area contributed by atoms with Crippen LogP contribution < -0.4 is 43.0 Å². The van der Waals surface area contributed by atoms with E-state index in [1.807, 2.05) is 94.6 Å². The Bertz CT molecular complexity index is 5930. The van der Waals surface area contributed by atoms with Gasteiger partial charge in [-0.3, -0.25) is 32.9 Å². The number of nitrogens with zero attached hydrogens (tertiary/aromatic N) is 8. The lowest BCUT2D eigenvalue weighted by atomic mass is 10.1. The van der Waals surface area contributed by atoms with E-state index in [0.29, 0.717) is 45.7 Å². The van der Waals surface area contributed by atoms with Crippen molar-refractivity contribution in [1.82, 2.24) is 38.2 Å². The topological polar surface area (TPSA) is 188 Å². The van der Waals surface area contributed by atoms with Gasteiger partial charge in [-0.2, -0.15) is 0 Å². The molecular formula is C76H64Cl4F8N12O4. The highest BCUT2D eigenvalue weighted by Crippen LogP contribution is 2.33. The number of fused-ring (bicyclic) bond motifs is 4. The summed E-state index contributed by atoms with van der Waals surface area (Å²) in [4.78, 5) is 66.1. The zero-order chi connectivity index (χ0) is 74.5. The number of aryl methyl sites for hydroxylation is 2. The first-order chi connectivity index (χ1) is 49.6. The third kappa shape index (κ3) is 16.4. The third-order valence-electron chi connectivity index (χ3n) is 15.7. The van der Waals surface area contributed by atoms with Crippen molar-refractivity contribution < 1.29 is 40.8 Å². The number of benzene rings is 6. The summed E-state index contributed by atoms with van der Waals surface area (Å²) in [5, 5.41) is 11.5. The lowest BCUT2D eigenvalue weighted by Crippen LogP contribution is -2.21. The molecule has 0 spiro atoms. The molecule has 14 aromatic rings. The van der Waals surface area contributed by atoms with E-state index in [4.69, 9.17) is 46.4 Å². The molecule has 14 rings (SSSR count). The molecule has 4 N–H and O–H groups in total. The first-order valence-corrected chi connectivity index (χ1v) is 33.0. The second-order valence-corrected chi connectivity index (χ2v) is 25.3. The molecule has 0 amide bonds. The number of hydrogen-bond acceptors (Lipinski definition) is 12. The summed E-state index contributed by atoms with van der Waals surface area (Å²) >= 11 is 23.4. The molecule has 0 aliphatic heterocycles. The van der Waals surface area contributed by atoms with E-state index in [2.05, 4.69) is 41.2 Å². The third-order valence-corrected chi connectivity index (χ3v) is 16.8.